The van der Waals surface area contributed by atoms with Crippen LogP contribution in [-0.2, 0) is 35.0 Å². The van der Waals surface area contributed by atoms with Crippen molar-refractivity contribution < 1.29 is 33.8 Å². The zero-order valence-corrected chi connectivity index (χ0v) is 21.6. The summed E-state index contributed by atoms with van der Waals surface area (Å²) in [6, 6.07) is 7.91. The molecule has 36 heavy (non-hydrogen) atoms. The predicted octanol–water partition coefficient (Wildman–Crippen LogP) is 1.92. The Morgan fingerprint density at radius 2 is 1.75 bits per heavy atom. The van der Waals surface area contributed by atoms with Gasteiger partial charge >= 0.3 is 0 Å². The molecule has 10 heteroatoms. The first-order chi connectivity index (χ1) is 17.3. The third kappa shape index (κ3) is 12.8. The van der Waals surface area contributed by atoms with Gasteiger partial charge in [0.05, 0.1) is 19.8 Å². The largest absolute Gasteiger partial charge is 0.382 e. The molecule has 3 amide bonds. The Balaban J connectivity index is 2.81. The molecule has 1 aromatic carbocycles. The molecule has 202 valence electrons. The Hall–Kier alpha value is -2.79. The fourth-order valence-corrected chi connectivity index (χ4v) is 3.46. The van der Waals surface area contributed by atoms with Crippen molar-refractivity contribution >= 4 is 17.7 Å². The summed E-state index contributed by atoms with van der Waals surface area (Å²) in [6.45, 7) is 9.03. The highest BCUT2D eigenvalue weighted by Gasteiger charge is 2.32. The van der Waals surface area contributed by atoms with Crippen molar-refractivity contribution in [3.05, 3.63) is 48.6 Å². The van der Waals surface area contributed by atoms with Gasteiger partial charge in [-0.1, -0.05) is 50.3 Å². The van der Waals surface area contributed by atoms with Gasteiger partial charge in [0.15, 0.2) is 0 Å². The monoisotopic (exact) mass is 507 g/mol. The van der Waals surface area contributed by atoms with E-state index in [4.69, 9.17) is 14.2 Å². The number of nitrogens with zero attached hydrogens (tertiary/aromatic N) is 1. The average Bonchev–Trinajstić information content (AvgIpc) is 2.86. The van der Waals surface area contributed by atoms with E-state index in [2.05, 4.69) is 17.2 Å². The first-order valence-corrected chi connectivity index (χ1v) is 12.2. The summed E-state index contributed by atoms with van der Waals surface area (Å²) in [6.07, 6.45) is 1.90. The summed E-state index contributed by atoms with van der Waals surface area (Å²) in [5.74, 6) is -2.01. The molecule has 0 aliphatic rings. The van der Waals surface area contributed by atoms with E-state index in [0.29, 0.717) is 24.7 Å². The zero-order valence-electron chi connectivity index (χ0n) is 21.6. The number of nitrogens with one attached hydrogen (secondary N) is 2. The molecule has 0 aliphatic heterocycles. The van der Waals surface area contributed by atoms with Crippen molar-refractivity contribution in [2.24, 2.45) is 11.8 Å². The van der Waals surface area contributed by atoms with Gasteiger partial charge in [0.2, 0.25) is 17.7 Å². The summed E-state index contributed by atoms with van der Waals surface area (Å²) in [5.41, 5.74) is 0.773. The molecular formula is C26H41N3O7. The van der Waals surface area contributed by atoms with E-state index in [9.17, 15) is 19.6 Å². The van der Waals surface area contributed by atoms with E-state index in [0.717, 1.165) is 5.56 Å². The van der Waals surface area contributed by atoms with Gasteiger partial charge in [0, 0.05) is 39.0 Å². The maximum atomic E-state index is 13.0. The van der Waals surface area contributed by atoms with Crippen LogP contribution in [0.1, 0.15) is 32.3 Å². The SMILES string of the molecule is C=CCNC(=O)[C@@H](CC(=O)N(O)[C@@H](Cc1ccccc1)C(=O)NCCOCOCCOC)CC(C)C. The number of carbonyl (C=O) groups is 3. The van der Waals surface area contributed by atoms with E-state index >= 15 is 0 Å². The first-order valence-electron chi connectivity index (χ1n) is 12.2. The molecule has 1 aromatic rings. The Morgan fingerprint density at radius 1 is 1.06 bits per heavy atom. The highest BCUT2D eigenvalue weighted by molar-refractivity contribution is 5.89. The van der Waals surface area contributed by atoms with Crippen LogP contribution in [0.2, 0.25) is 0 Å². The number of carbonyl (C=O) groups excluding carboxylic acids is 3. The Labute approximate surface area is 213 Å². The molecule has 2 atom stereocenters. The van der Waals surface area contributed by atoms with Crippen LogP contribution in [0.15, 0.2) is 43.0 Å². The highest BCUT2D eigenvalue weighted by atomic mass is 16.7. The summed E-state index contributed by atoms with van der Waals surface area (Å²) in [4.78, 5) is 38.5. The minimum atomic E-state index is -1.17. The summed E-state index contributed by atoms with van der Waals surface area (Å²) >= 11 is 0. The highest BCUT2D eigenvalue weighted by Crippen LogP contribution is 2.19. The molecule has 0 saturated carbocycles. The van der Waals surface area contributed by atoms with E-state index in [1.54, 1.807) is 13.2 Å². The second-order valence-electron chi connectivity index (χ2n) is 8.73. The summed E-state index contributed by atoms with van der Waals surface area (Å²) < 4.78 is 15.4. The second-order valence-corrected chi connectivity index (χ2v) is 8.73. The lowest BCUT2D eigenvalue weighted by Gasteiger charge is -2.27. The molecule has 0 fully saturated rings. The third-order valence-electron chi connectivity index (χ3n) is 5.24. The topological polar surface area (TPSA) is 126 Å². The molecule has 3 N–H and O–H groups in total. The van der Waals surface area contributed by atoms with Gasteiger partial charge in [-0.05, 0) is 17.9 Å². The molecule has 1 rings (SSSR count). The number of amides is 3. The number of hydroxylamine groups is 2. The summed E-state index contributed by atoms with van der Waals surface area (Å²) in [5, 5.41) is 16.6. The fourth-order valence-electron chi connectivity index (χ4n) is 3.46. The van der Waals surface area contributed by atoms with Crippen LogP contribution in [0.4, 0.5) is 0 Å². The lowest BCUT2D eigenvalue weighted by atomic mass is 9.92. The lowest BCUT2D eigenvalue weighted by molar-refractivity contribution is -0.181. The van der Waals surface area contributed by atoms with Gasteiger partial charge in [-0.2, -0.15) is 0 Å². The van der Waals surface area contributed by atoms with Crippen LogP contribution in [0, 0.1) is 11.8 Å². The van der Waals surface area contributed by atoms with Crippen molar-refractivity contribution in [3.63, 3.8) is 0 Å². The van der Waals surface area contributed by atoms with Gasteiger partial charge in [-0.3, -0.25) is 19.6 Å². The number of rotatable bonds is 19. The normalized spacial score (nSPS) is 12.6. The maximum Gasteiger partial charge on any atom is 0.247 e. The Bertz CT molecular complexity index is 789. The molecule has 0 bridgehead atoms. The first kappa shape index (κ1) is 31.2. The molecule has 0 unspecified atom stereocenters. The zero-order chi connectivity index (χ0) is 26.8. The minimum absolute atomic E-state index is 0.0580. The molecule has 10 nitrogen and oxygen atoms in total. The average molecular weight is 508 g/mol. The van der Waals surface area contributed by atoms with E-state index in [-0.39, 0.29) is 51.2 Å². The van der Waals surface area contributed by atoms with Crippen LogP contribution < -0.4 is 10.6 Å². The van der Waals surface area contributed by atoms with Crippen molar-refractivity contribution in [2.75, 3.05) is 46.8 Å². The van der Waals surface area contributed by atoms with Gasteiger partial charge in [0.25, 0.3) is 0 Å². The Morgan fingerprint density at radius 3 is 2.39 bits per heavy atom. The summed E-state index contributed by atoms with van der Waals surface area (Å²) in [7, 11) is 1.57. The Kier molecular flexibility index (Phi) is 16.0. The van der Waals surface area contributed by atoms with Crippen molar-refractivity contribution in [2.45, 2.75) is 39.2 Å². The number of benzene rings is 1. The number of ether oxygens (including phenoxy) is 3. The van der Waals surface area contributed by atoms with Crippen LogP contribution in [-0.4, -0.2) is 80.8 Å². The smallest absolute Gasteiger partial charge is 0.247 e. The van der Waals surface area contributed by atoms with Crippen LogP contribution >= 0.6 is 0 Å². The molecule has 0 spiro atoms. The van der Waals surface area contributed by atoms with E-state index < -0.39 is 23.8 Å². The number of hydrogen-bond acceptors (Lipinski definition) is 7. The maximum absolute atomic E-state index is 13.0. The second kappa shape index (κ2) is 18.5. The van der Waals surface area contributed by atoms with Crippen molar-refractivity contribution in [3.8, 4) is 0 Å². The van der Waals surface area contributed by atoms with Gasteiger partial charge < -0.3 is 24.8 Å². The van der Waals surface area contributed by atoms with Gasteiger partial charge in [0.1, 0.15) is 12.8 Å². The van der Waals surface area contributed by atoms with E-state index in [1.807, 2.05) is 44.2 Å². The van der Waals surface area contributed by atoms with Gasteiger partial charge in [-0.15, -0.1) is 6.58 Å². The van der Waals surface area contributed by atoms with Gasteiger partial charge in [-0.25, -0.2) is 5.06 Å². The molecular weight excluding hydrogens is 466 g/mol. The van der Waals surface area contributed by atoms with Crippen LogP contribution in [0.5, 0.6) is 0 Å². The standard InChI is InChI=1S/C26H41N3O7/c1-5-11-27-25(31)22(16-20(2)3)18-24(30)29(33)23(17-21-9-7-6-8-10-21)26(32)28-12-13-35-19-36-15-14-34-4/h5-10,20,22-23,33H,1,11-19H2,2-4H3,(H,27,31)(H,28,32)/t22-,23+/m1/s1. The lowest BCUT2D eigenvalue weighted by Crippen LogP contribution is -2.50. The quantitative estimate of drug-likeness (QED) is 0.0859. The molecule has 0 saturated heterocycles. The minimum Gasteiger partial charge on any atom is -0.382 e. The van der Waals surface area contributed by atoms with E-state index in [1.165, 1.54) is 0 Å². The fraction of sp³-hybridized carbons (Fsp3) is 0.577. The van der Waals surface area contributed by atoms with Crippen LogP contribution in [0.25, 0.3) is 0 Å². The number of methoxy groups -OCH3 is 1. The molecule has 0 radical (unpaired) electrons. The molecule has 0 heterocycles. The van der Waals surface area contributed by atoms with Crippen molar-refractivity contribution in [1.82, 2.24) is 15.7 Å². The van der Waals surface area contributed by atoms with Crippen molar-refractivity contribution in [1.29, 1.82) is 0 Å². The molecule has 0 aromatic heterocycles. The predicted molar refractivity (Wildman–Crippen MR) is 135 cm³/mol. The van der Waals surface area contributed by atoms with Crippen LogP contribution in [0.3, 0.4) is 0 Å². The number of hydrogen-bond donors (Lipinski definition) is 3. The third-order valence-corrected chi connectivity index (χ3v) is 5.24. The molecule has 0 aliphatic carbocycles.